The van der Waals surface area contributed by atoms with Crippen LogP contribution in [0.15, 0.2) is 17.5 Å². The normalized spacial score (nSPS) is 26.0. The van der Waals surface area contributed by atoms with Gasteiger partial charge in [0.15, 0.2) is 5.78 Å². The Kier molecular flexibility index (Phi) is 4.43. The van der Waals surface area contributed by atoms with Crippen LogP contribution in [0.1, 0.15) is 36.6 Å². The molecule has 1 aromatic rings. The van der Waals surface area contributed by atoms with Gasteiger partial charge in [0.05, 0.1) is 11.3 Å². The van der Waals surface area contributed by atoms with Crippen molar-refractivity contribution in [3.8, 4) is 0 Å². The lowest BCUT2D eigenvalue weighted by atomic mass is 9.83. The minimum absolute atomic E-state index is 0.0178. The fourth-order valence-corrected chi connectivity index (χ4v) is 4.57. The number of sulfone groups is 1. The molecule has 106 valence electrons. The summed E-state index contributed by atoms with van der Waals surface area (Å²) < 4.78 is 23.2. The van der Waals surface area contributed by atoms with Crippen molar-refractivity contribution in [3.05, 3.63) is 22.4 Å². The monoisotopic (exact) mass is 301 g/mol. The summed E-state index contributed by atoms with van der Waals surface area (Å²) in [6.45, 7) is 0. The fraction of sp³-hybridized carbons (Fsp3) is 0.615. The molecule has 19 heavy (non-hydrogen) atoms. The molecule has 1 aliphatic rings. The predicted octanol–water partition coefficient (Wildman–Crippen LogP) is 1.92. The summed E-state index contributed by atoms with van der Waals surface area (Å²) in [6.07, 6.45) is 3.88. The predicted molar refractivity (Wildman–Crippen MR) is 76.8 cm³/mol. The third-order valence-corrected chi connectivity index (χ3v) is 6.38. The summed E-state index contributed by atoms with van der Waals surface area (Å²) >= 11 is 1.47. The van der Waals surface area contributed by atoms with Crippen molar-refractivity contribution in [1.82, 2.24) is 0 Å². The van der Waals surface area contributed by atoms with E-state index in [0.29, 0.717) is 12.8 Å². The fourth-order valence-electron chi connectivity index (χ4n) is 2.65. The van der Waals surface area contributed by atoms with Gasteiger partial charge in [-0.25, -0.2) is 8.42 Å². The lowest BCUT2D eigenvalue weighted by Gasteiger charge is -2.28. The first-order chi connectivity index (χ1) is 8.89. The van der Waals surface area contributed by atoms with Crippen LogP contribution in [-0.2, 0) is 14.6 Å². The molecule has 3 unspecified atom stereocenters. The molecule has 3 atom stereocenters. The maximum atomic E-state index is 12.4. The number of thiophene rings is 1. The molecule has 1 heterocycles. The minimum Gasteiger partial charge on any atom is -0.317 e. The number of carbonyl (C=O) groups is 1. The van der Waals surface area contributed by atoms with Crippen molar-refractivity contribution < 1.29 is 13.2 Å². The molecule has 2 rings (SSSR count). The van der Waals surface area contributed by atoms with E-state index in [0.717, 1.165) is 17.7 Å². The highest BCUT2D eigenvalue weighted by atomic mass is 32.2. The Balaban J connectivity index is 2.07. The highest BCUT2D eigenvalue weighted by molar-refractivity contribution is 7.91. The van der Waals surface area contributed by atoms with E-state index < -0.39 is 15.9 Å². The average molecular weight is 301 g/mol. The zero-order chi connectivity index (χ0) is 14.0. The number of hydrogen-bond donors (Lipinski definition) is 1. The number of hydrogen-bond acceptors (Lipinski definition) is 5. The van der Waals surface area contributed by atoms with Gasteiger partial charge in [0, 0.05) is 17.1 Å². The molecule has 0 saturated heterocycles. The van der Waals surface area contributed by atoms with E-state index in [4.69, 9.17) is 5.73 Å². The summed E-state index contributed by atoms with van der Waals surface area (Å²) in [5.74, 6) is -0.235. The molecule has 2 N–H and O–H groups in total. The van der Waals surface area contributed by atoms with Crippen LogP contribution in [-0.4, -0.2) is 25.7 Å². The average Bonchev–Trinajstić information content (AvgIpc) is 2.90. The lowest BCUT2D eigenvalue weighted by molar-refractivity contribution is -0.125. The van der Waals surface area contributed by atoms with Gasteiger partial charge in [-0.3, -0.25) is 4.79 Å². The zero-order valence-corrected chi connectivity index (χ0v) is 12.5. The number of rotatable bonds is 4. The van der Waals surface area contributed by atoms with Gasteiger partial charge < -0.3 is 5.73 Å². The molecule has 1 aromatic heterocycles. The van der Waals surface area contributed by atoms with Gasteiger partial charge in [-0.15, -0.1) is 11.3 Å². The van der Waals surface area contributed by atoms with Crippen molar-refractivity contribution >= 4 is 27.0 Å². The van der Waals surface area contributed by atoms with Crippen LogP contribution < -0.4 is 5.73 Å². The van der Waals surface area contributed by atoms with E-state index in [-0.39, 0.29) is 17.0 Å². The third kappa shape index (κ3) is 3.43. The zero-order valence-electron chi connectivity index (χ0n) is 10.9. The second-order valence-corrected chi connectivity index (χ2v) is 8.52. The Bertz CT molecular complexity index is 536. The quantitative estimate of drug-likeness (QED) is 0.921. The number of ketones is 1. The molecule has 0 amide bonds. The lowest BCUT2D eigenvalue weighted by Crippen LogP contribution is -2.35. The van der Waals surface area contributed by atoms with E-state index in [2.05, 4.69) is 0 Å². The second kappa shape index (κ2) is 5.73. The largest absolute Gasteiger partial charge is 0.317 e. The van der Waals surface area contributed by atoms with E-state index in [1.54, 1.807) is 0 Å². The maximum Gasteiger partial charge on any atom is 0.157 e. The van der Waals surface area contributed by atoms with Gasteiger partial charge in [-0.1, -0.05) is 12.5 Å². The Labute approximate surface area is 117 Å². The summed E-state index contributed by atoms with van der Waals surface area (Å²) in [5.41, 5.74) is 5.98. The molecule has 1 saturated carbocycles. The molecule has 0 aliphatic heterocycles. The molecule has 0 spiro atoms. The maximum absolute atomic E-state index is 12.4. The van der Waals surface area contributed by atoms with E-state index in [1.807, 2.05) is 17.5 Å². The molecule has 0 bridgehead atoms. The Hall–Kier alpha value is -0.720. The third-order valence-electron chi connectivity index (χ3n) is 3.79. The van der Waals surface area contributed by atoms with Crippen LogP contribution in [0.2, 0.25) is 0 Å². The Morgan fingerprint density at radius 1 is 1.47 bits per heavy atom. The number of carbonyl (C=O) groups excluding carboxylic acids is 1. The Morgan fingerprint density at radius 2 is 2.21 bits per heavy atom. The van der Waals surface area contributed by atoms with Crippen molar-refractivity contribution in [2.75, 3.05) is 6.26 Å². The van der Waals surface area contributed by atoms with Crippen LogP contribution in [0, 0.1) is 5.92 Å². The van der Waals surface area contributed by atoms with Crippen LogP contribution in [0.25, 0.3) is 0 Å². The van der Waals surface area contributed by atoms with Gasteiger partial charge in [0.1, 0.15) is 9.84 Å². The van der Waals surface area contributed by atoms with Crippen molar-refractivity contribution in [1.29, 1.82) is 0 Å². The van der Waals surface area contributed by atoms with Crippen LogP contribution >= 0.6 is 11.3 Å². The van der Waals surface area contributed by atoms with Crippen molar-refractivity contribution in [3.63, 3.8) is 0 Å². The summed E-state index contributed by atoms with van der Waals surface area (Å²) in [4.78, 5) is 13.2. The topological polar surface area (TPSA) is 77.2 Å². The first-order valence-corrected chi connectivity index (χ1v) is 9.24. The highest BCUT2D eigenvalue weighted by Gasteiger charge is 2.34. The molecule has 0 aromatic carbocycles. The van der Waals surface area contributed by atoms with Gasteiger partial charge in [0.25, 0.3) is 0 Å². The SMILES string of the molecule is CS(=O)(=O)C1CCCC(C(=O)C(N)c2cccs2)C1. The van der Waals surface area contributed by atoms with Crippen molar-refractivity contribution in [2.45, 2.75) is 37.0 Å². The first-order valence-electron chi connectivity index (χ1n) is 6.41. The summed E-state index contributed by atoms with van der Waals surface area (Å²) in [5, 5.41) is 1.51. The number of nitrogens with two attached hydrogens (primary N) is 1. The molecule has 4 nitrogen and oxygen atoms in total. The molecule has 0 radical (unpaired) electrons. The summed E-state index contributed by atoms with van der Waals surface area (Å²) in [6, 6.07) is 3.11. The second-order valence-electron chi connectivity index (χ2n) is 5.21. The van der Waals surface area contributed by atoms with Gasteiger partial charge in [0.2, 0.25) is 0 Å². The minimum atomic E-state index is -3.06. The standard InChI is InChI=1S/C13H19NO3S2/c1-19(16,17)10-5-2-4-9(8-10)13(15)12(14)11-6-3-7-18-11/h3,6-7,9-10,12H,2,4-5,8,14H2,1H3. The smallest absolute Gasteiger partial charge is 0.157 e. The number of Topliss-reactive ketones (excluding diaryl/α,β-unsaturated/α-hetero) is 1. The molecule has 6 heteroatoms. The first kappa shape index (κ1) is 14.7. The van der Waals surface area contributed by atoms with Gasteiger partial charge in [-0.05, 0) is 30.7 Å². The van der Waals surface area contributed by atoms with E-state index in [1.165, 1.54) is 17.6 Å². The highest BCUT2D eigenvalue weighted by Crippen LogP contribution is 2.32. The Morgan fingerprint density at radius 3 is 2.79 bits per heavy atom. The van der Waals surface area contributed by atoms with Gasteiger partial charge >= 0.3 is 0 Å². The van der Waals surface area contributed by atoms with Crippen molar-refractivity contribution in [2.24, 2.45) is 11.7 Å². The van der Waals surface area contributed by atoms with E-state index in [9.17, 15) is 13.2 Å². The molecule has 1 fully saturated rings. The summed E-state index contributed by atoms with van der Waals surface area (Å²) in [7, 11) is -3.06. The van der Waals surface area contributed by atoms with E-state index >= 15 is 0 Å². The van der Waals surface area contributed by atoms with Gasteiger partial charge in [-0.2, -0.15) is 0 Å². The van der Waals surface area contributed by atoms with Crippen LogP contribution in [0.4, 0.5) is 0 Å². The molecule has 1 aliphatic carbocycles. The van der Waals surface area contributed by atoms with Crippen LogP contribution in [0.5, 0.6) is 0 Å². The molecular weight excluding hydrogens is 282 g/mol. The molecular formula is C13H19NO3S2. The van der Waals surface area contributed by atoms with Crippen LogP contribution in [0.3, 0.4) is 0 Å².